The van der Waals surface area contributed by atoms with Gasteiger partial charge in [0, 0.05) is 5.54 Å². The SMILES string of the molecule is CC(C)(C)N1CCCCC1c1nc2ccc(F)cc2[nH]1. The van der Waals surface area contributed by atoms with E-state index in [1.165, 1.54) is 25.0 Å². The number of aromatic amines is 1. The lowest BCUT2D eigenvalue weighted by atomic mass is 9.94. The maximum Gasteiger partial charge on any atom is 0.125 e. The second-order valence-electron chi connectivity index (χ2n) is 6.66. The van der Waals surface area contributed by atoms with Crippen LogP contribution in [0.5, 0.6) is 0 Å². The number of hydrogen-bond acceptors (Lipinski definition) is 2. The lowest BCUT2D eigenvalue weighted by molar-refractivity contribution is 0.0470. The van der Waals surface area contributed by atoms with Gasteiger partial charge in [-0.25, -0.2) is 9.37 Å². The van der Waals surface area contributed by atoms with Crippen molar-refractivity contribution in [3.63, 3.8) is 0 Å². The number of H-pyrrole nitrogens is 1. The van der Waals surface area contributed by atoms with E-state index < -0.39 is 0 Å². The van der Waals surface area contributed by atoms with E-state index in [1.54, 1.807) is 6.07 Å². The Kier molecular flexibility index (Phi) is 3.28. The Morgan fingerprint density at radius 2 is 2.10 bits per heavy atom. The van der Waals surface area contributed by atoms with E-state index in [1.807, 2.05) is 0 Å². The molecule has 1 fully saturated rings. The summed E-state index contributed by atoms with van der Waals surface area (Å²) in [5.74, 6) is 0.754. The van der Waals surface area contributed by atoms with E-state index >= 15 is 0 Å². The van der Waals surface area contributed by atoms with Crippen molar-refractivity contribution in [2.75, 3.05) is 6.54 Å². The number of nitrogens with one attached hydrogen (secondary N) is 1. The van der Waals surface area contributed by atoms with Crippen molar-refractivity contribution in [2.45, 2.75) is 51.6 Å². The Labute approximate surface area is 119 Å². The number of hydrogen-bond donors (Lipinski definition) is 1. The van der Waals surface area contributed by atoms with Gasteiger partial charge in [0.15, 0.2) is 0 Å². The van der Waals surface area contributed by atoms with E-state index in [9.17, 15) is 4.39 Å². The molecule has 0 radical (unpaired) electrons. The molecule has 2 aromatic rings. The van der Waals surface area contributed by atoms with Crippen molar-refractivity contribution in [3.8, 4) is 0 Å². The molecule has 20 heavy (non-hydrogen) atoms. The standard InChI is InChI=1S/C16H22FN3/c1-16(2,3)20-9-5-4-6-14(20)15-18-12-8-7-11(17)10-13(12)19-15/h7-8,10,14H,4-6,9H2,1-3H3,(H,18,19). The van der Waals surface area contributed by atoms with Gasteiger partial charge in [-0.05, 0) is 58.4 Å². The molecule has 0 bridgehead atoms. The molecule has 1 atom stereocenters. The molecular weight excluding hydrogens is 253 g/mol. The number of piperidine rings is 1. The monoisotopic (exact) mass is 275 g/mol. The topological polar surface area (TPSA) is 31.9 Å². The van der Waals surface area contributed by atoms with Crippen molar-refractivity contribution in [1.29, 1.82) is 0 Å². The number of imidazole rings is 1. The molecule has 0 amide bonds. The van der Waals surface area contributed by atoms with Crippen LogP contribution < -0.4 is 0 Å². The van der Waals surface area contributed by atoms with Gasteiger partial charge in [0.1, 0.15) is 11.6 Å². The second kappa shape index (κ2) is 4.85. The largest absolute Gasteiger partial charge is 0.341 e. The maximum absolute atomic E-state index is 13.3. The zero-order chi connectivity index (χ0) is 14.3. The number of fused-ring (bicyclic) bond motifs is 1. The molecular formula is C16H22FN3. The molecule has 1 saturated heterocycles. The Morgan fingerprint density at radius 1 is 1.30 bits per heavy atom. The summed E-state index contributed by atoms with van der Waals surface area (Å²) >= 11 is 0. The maximum atomic E-state index is 13.3. The Bertz CT molecular complexity index is 612. The minimum absolute atomic E-state index is 0.120. The van der Waals surface area contributed by atoms with Crippen LogP contribution in [0.3, 0.4) is 0 Å². The van der Waals surface area contributed by atoms with Gasteiger partial charge in [0.2, 0.25) is 0 Å². The zero-order valence-corrected chi connectivity index (χ0v) is 12.4. The van der Waals surface area contributed by atoms with E-state index in [0.29, 0.717) is 6.04 Å². The minimum Gasteiger partial charge on any atom is -0.341 e. The van der Waals surface area contributed by atoms with Gasteiger partial charge < -0.3 is 4.98 Å². The van der Waals surface area contributed by atoms with Crippen LogP contribution in [0.1, 0.15) is 51.9 Å². The van der Waals surface area contributed by atoms with Crippen LogP contribution in [-0.4, -0.2) is 27.0 Å². The molecule has 2 heterocycles. The van der Waals surface area contributed by atoms with Gasteiger partial charge in [-0.2, -0.15) is 0 Å². The fraction of sp³-hybridized carbons (Fsp3) is 0.562. The highest BCUT2D eigenvalue weighted by atomic mass is 19.1. The molecule has 1 aliphatic rings. The van der Waals surface area contributed by atoms with Crippen LogP contribution in [0.25, 0.3) is 11.0 Å². The van der Waals surface area contributed by atoms with Gasteiger partial charge in [0.05, 0.1) is 17.1 Å². The lowest BCUT2D eigenvalue weighted by Gasteiger charge is -2.43. The third kappa shape index (κ3) is 2.44. The van der Waals surface area contributed by atoms with Gasteiger partial charge in [-0.3, -0.25) is 4.90 Å². The average Bonchev–Trinajstić information content (AvgIpc) is 2.80. The Balaban J connectivity index is 1.99. The molecule has 1 aromatic carbocycles. The first-order valence-electron chi connectivity index (χ1n) is 7.37. The van der Waals surface area contributed by atoms with E-state index in [2.05, 4.69) is 35.6 Å². The molecule has 3 rings (SSSR count). The molecule has 0 aliphatic carbocycles. The molecule has 1 N–H and O–H groups in total. The summed E-state index contributed by atoms with van der Waals surface area (Å²) in [7, 11) is 0. The number of likely N-dealkylation sites (tertiary alicyclic amines) is 1. The first-order valence-corrected chi connectivity index (χ1v) is 7.37. The summed E-state index contributed by atoms with van der Waals surface area (Å²) in [5.41, 5.74) is 1.76. The van der Waals surface area contributed by atoms with E-state index in [4.69, 9.17) is 0 Å². The van der Waals surface area contributed by atoms with E-state index in [0.717, 1.165) is 29.8 Å². The smallest absolute Gasteiger partial charge is 0.125 e. The second-order valence-corrected chi connectivity index (χ2v) is 6.66. The highest BCUT2D eigenvalue weighted by molar-refractivity contribution is 5.75. The molecule has 0 spiro atoms. The molecule has 108 valence electrons. The van der Waals surface area contributed by atoms with Crippen LogP contribution in [-0.2, 0) is 0 Å². The fourth-order valence-electron chi connectivity index (χ4n) is 3.18. The normalized spacial score (nSPS) is 21.5. The highest BCUT2D eigenvalue weighted by Crippen LogP contribution is 2.35. The van der Waals surface area contributed by atoms with Crippen molar-refractivity contribution < 1.29 is 4.39 Å². The third-order valence-corrected chi connectivity index (χ3v) is 4.14. The van der Waals surface area contributed by atoms with E-state index in [-0.39, 0.29) is 11.4 Å². The summed E-state index contributed by atoms with van der Waals surface area (Å²) in [4.78, 5) is 10.5. The number of benzene rings is 1. The Morgan fingerprint density at radius 3 is 2.85 bits per heavy atom. The molecule has 1 unspecified atom stereocenters. The summed E-state index contributed by atoms with van der Waals surface area (Å²) < 4.78 is 13.3. The van der Waals surface area contributed by atoms with Crippen LogP contribution in [0.15, 0.2) is 18.2 Å². The summed E-state index contributed by atoms with van der Waals surface area (Å²) in [5, 5.41) is 0. The number of rotatable bonds is 1. The molecule has 1 aliphatic heterocycles. The third-order valence-electron chi connectivity index (χ3n) is 4.14. The number of nitrogens with zero attached hydrogens (tertiary/aromatic N) is 2. The molecule has 0 saturated carbocycles. The van der Waals surface area contributed by atoms with Gasteiger partial charge in [-0.1, -0.05) is 6.42 Å². The first-order chi connectivity index (χ1) is 9.45. The number of halogens is 1. The minimum atomic E-state index is -0.218. The fourth-order valence-corrected chi connectivity index (χ4v) is 3.18. The van der Waals surface area contributed by atoms with Gasteiger partial charge >= 0.3 is 0 Å². The molecule has 4 heteroatoms. The summed E-state index contributed by atoms with van der Waals surface area (Å²) in [6.45, 7) is 7.83. The van der Waals surface area contributed by atoms with Crippen LogP contribution in [0.4, 0.5) is 4.39 Å². The summed E-state index contributed by atoms with van der Waals surface area (Å²) in [6.07, 6.45) is 3.57. The summed E-state index contributed by atoms with van der Waals surface area (Å²) in [6, 6.07) is 5.04. The number of aromatic nitrogens is 2. The predicted molar refractivity (Wildman–Crippen MR) is 79.1 cm³/mol. The lowest BCUT2D eigenvalue weighted by Crippen LogP contribution is -2.46. The first kappa shape index (κ1) is 13.6. The zero-order valence-electron chi connectivity index (χ0n) is 12.4. The van der Waals surface area contributed by atoms with Crippen molar-refractivity contribution >= 4 is 11.0 Å². The van der Waals surface area contributed by atoms with Crippen LogP contribution >= 0.6 is 0 Å². The van der Waals surface area contributed by atoms with Crippen molar-refractivity contribution in [1.82, 2.24) is 14.9 Å². The quantitative estimate of drug-likeness (QED) is 0.852. The highest BCUT2D eigenvalue weighted by Gasteiger charge is 2.33. The van der Waals surface area contributed by atoms with Crippen molar-refractivity contribution in [3.05, 3.63) is 29.8 Å². The van der Waals surface area contributed by atoms with Crippen LogP contribution in [0, 0.1) is 5.82 Å². The molecule has 3 nitrogen and oxygen atoms in total. The van der Waals surface area contributed by atoms with Gasteiger partial charge in [-0.15, -0.1) is 0 Å². The van der Waals surface area contributed by atoms with Crippen molar-refractivity contribution in [2.24, 2.45) is 0 Å². The molecule has 1 aromatic heterocycles. The predicted octanol–water partition coefficient (Wildman–Crippen LogP) is 4.03. The average molecular weight is 275 g/mol. The van der Waals surface area contributed by atoms with Gasteiger partial charge in [0.25, 0.3) is 0 Å². The Hall–Kier alpha value is -1.42. The van der Waals surface area contributed by atoms with Crippen LogP contribution in [0.2, 0.25) is 0 Å².